The molecule has 2 amide bonds. The zero-order valence-corrected chi connectivity index (χ0v) is 10.4. The van der Waals surface area contributed by atoms with Crippen molar-refractivity contribution in [2.24, 2.45) is 0 Å². The number of aliphatic hydroxyl groups excluding tert-OH is 1. The molecule has 19 heavy (non-hydrogen) atoms. The molecule has 3 heterocycles. The third-order valence-corrected chi connectivity index (χ3v) is 4.02. The van der Waals surface area contributed by atoms with Gasteiger partial charge in [-0.1, -0.05) is 0 Å². The summed E-state index contributed by atoms with van der Waals surface area (Å²) in [4.78, 5) is 25.3. The molecular formula is C13H16N2O4. The number of hydrogen-bond acceptors (Lipinski definition) is 4. The molecule has 2 aliphatic rings. The lowest BCUT2D eigenvalue weighted by molar-refractivity contribution is -0.135. The van der Waals surface area contributed by atoms with Crippen LogP contribution in [0.4, 0.5) is 0 Å². The highest BCUT2D eigenvalue weighted by atomic mass is 16.3. The molecule has 102 valence electrons. The summed E-state index contributed by atoms with van der Waals surface area (Å²) in [6, 6.07) is 3.37. The number of carbonyl (C=O) groups is 2. The van der Waals surface area contributed by atoms with Crippen LogP contribution >= 0.6 is 0 Å². The van der Waals surface area contributed by atoms with Gasteiger partial charge in [-0.05, 0) is 31.4 Å². The fourth-order valence-electron chi connectivity index (χ4n) is 3.26. The Labute approximate surface area is 110 Å². The number of carbonyl (C=O) groups excluding carboxylic acids is 2. The number of hydrogen-bond donors (Lipinski definition) is 2. The molecule has 2 fully saturated rings. The highest BCUT2D eigenvalue weighted by molar-refractivity contribution is 5.91. The first-order valence-corrected chi connectivity index (χ1v) is 6.47. The van der Waals surface area contributed by atoms with Gasteiger partial charge in [-0.15, -0.1) is 0 Å². The number of nitrogens with zero attached hydrogens (tertiary/aromatic N) is 1. The summed E-state index contributed by atoms with van der Waals surface area (Å²) in [5, 5.41) is 11.9. The Morgan fingerprint density at radius 1 is 1.47 bits per heavy atom. The van der Waals surface area contributed by atoms with Crippen LogP contribution in [0.15, 0.2) is 22.8 Å². The first kappa shape index (κ1) is 12.2. The van der Waals surface area contributed by atoms with Gasteiger partial charge in [-0.3, -0.25) is 9.59 Å². The Morgan fingerprint density at radius 2 is 2.32 bits per heavy atom. The van der Waals surface area contributed by atoms with Gasteiger partial charge in [0.15, 0.2) is 5.76 Å². The fraction of sp³-hybridized carbons (Fsp3) is 0.538. The van der Waals surface area contributed by atoms with E-state index in [0.717, 1.165) is 19.3 Å². The van der Waals surface area contributed by atoms with Crippen LogP contribution in [0, 0.1) is 0 Å². The van der Waals surface area contributed by atoms with Crippen LogP contribution in [0.2, 0.25) is 0 Å². The van der Waals surface area contributed by atoms with E-state index in [2.05, 4.69) is 5.32 Å². The van der Waals surface area contributed by atoms with Crippen molar-refractivity contribution >= 4 is 11.8 Å². The summed E-state index contributed by atoms with van der Waals surface area (Å²) in [6.07, 6.45) is 4.03. The number of nitrogens with one attached hydrogen (secondary N) is 1. The van der Waals surface area contributed by atoms with Gasteiger partial charge in [0.2, 0.25) is 5.91 Å². The van der Waals surface area contributed by atoms with E-state index in [-0.39, 0.29) is 35.7 Å². The smallest absolute Gasteiger partial charge is 0.287 e. The van der Waals surface area contributed by atoms with Gasteiger partial charge >= 0.3 is 0 Å². The Morgan fingerprint density at radius 3 is 3.00 bits per heavy atom. The molecule has 2 unspecified atom stereocenters. The van der Waals surface area contributed by atoms with E-state index in [1.807, 2.05) is 0 Å². The zero-order valence-electron chi connectivity index (χ0n) is 10.4. The van der Waals surface area contributed by atoms with Crippen molar-refractivity contribution in [1.29, 1.82) is 0 Å². The summed E-state index contributed by atoms with van der Waals surface area (Å²) < 4.78 is 5.05. The summed E-state index contributed by atoms with van der Waals surface area (Å²) in [7, 11) is 0. The molecule has 2 bridgehead atoms. The van der Waals surface area contributed by atoms with Crippen LogP contribution in [-0.4, -0.2) is 46.6 Å². The summed E-state index contributed by atoms with van der Waals surface area (Å²) in [5.41, 5.74) is 0. The van der Waals surface area contributed by atoms with E-state index in [9.17, 15) is 9.59 Å². The molecule has 1 aromatic heterocycles. The van der Waals surface area contributed by atoms with Crippen molar-refractivity contribution in [2.75, 3.05) is 6.61 Å². The summed E-state index contributed by atoms with van der Waals surface area (Å²) in [5.74, 6) is -0.219. The lowest BCUT2D eigenvalue weighted by Crippen LogP contribution is -2.45. The average Bonchev–Trinajstić information content (AvgIpc) is 3.12. The van der Waals surface area contributed by atoms with Crippen LogP contribution in [0.5, 0.6) is 0 Å². The predicted molar refractivity (Wildman–Crippen MR) is 65.3 cm³/mol. The zero-order chi connectivity index (χ0) is 13.4. The van der Waals surface area contributed by atoms with Gasteiger partial charge in [-0.25, -0.2) is 0 Å². The third kappa shape index (κ3) is 2.02. The Bertz CT molecular complexity index is 485. The second kappa shape index (κ2) is 4.70. The molecule has 2 saturated heterocycles. The lowest BCUT2D eigenvalue weighted by Gasteiger charge is -2.24. The number of aliphatic hydroxyl groups is 1. The summed E-state index contributed by atoms with van der Waals surface area (Å²) >= 11 is 0. The maximum absolute atomic E-state index is 11.9. The molecule has 1 aromatic rings. The summed E-state index contributed by atoms with van der Waals surface area (Å²) in [6.45, 7) is -0.466. The van der Waals surface area contributed by atoms with Crippen molar-refractivity contribution < 1.29 is 19.1 Å². The maximum Gasteiger partial charge on any atom is 0.287 e. The minimum Gasteiger partial charge on any atom is -0.459 e. The normalized spacial score (nSPS) is 28.7. The predicted octanol–water partition coefficient (Wildman–Crippen LogP) is 0.134. The van der Waals surface area contributed by atoms with Crippen LogP contribution in [0.3, 0.4) is 0 Å². The molecule has 2 N–H and O–H groups in total. The third-order valence-electron chi connectivity index (χ3n) is 4.02. The number of fused-ring (bicyclic) bond motifs is 2. The van der Waals surface area contributed by atoms with Gasteiger partial charge in [0, 0.05) is 6.04 Å². The lowest BCUT2D eigenvalue weighted by atomic mass is 9.95. The number of furan rings is 1. The van der Waals surface area contributed by atoms with Crippen LogP contribution in [0.1, 0.15) is 29.8 Å². The minimum absolute atomic E-state index is 0.00330. The van der Waals surface area contributed by atoms with Crippen molar-refractivity contribution in [3.05, 3.63) is 24.2 Å². The first-order valence-electron chi connectivity index (χ1n) is 6.47. The van der Waals surface area contributed by atoms with E-state index in [1.54, 1.807) is 17.0 Å². The fourth-order valence-corrected chi connectivity index (χ4v) is 3.26. The standard InChI is InChI=1S/C13H16N2O4/c16-7-12(17)15-8-3-4-10(15)9(6-8)14-13(18)11-2-1-5-19-11/h1-2,5,8-10,16H,3-4,6-7H2,(H,14,18)/t8?,9-,10?/m0/s1. The molecule has 3 atom stereocenters. The Kier molecular flexibility index (Phi) is 3.02. The second-order valence-electron chi connectivity index (χ2n) is 5.05. The largest absolute Gasteiger partial charge is 0.459 e. The quantitative estimate of drug-likeness (QED) is 0.813. The highest BCUT2D eigenvalue weighted by Gasteiger charge is 2.48. The average molecular weight is 264 g/mol. The minimum atomic E-state index is -0.466. The van der Waals surface area contributed by atoms with Crippen molar-refractivity contribution in [3.63, 3.8) is 0 Å². The number of rotatable bonds is 3. The van der Waals surface area contributed by atoms with E-state index < -0.39 is 6.61 Å². The van der Waals surface area contributed by atoms with Gasteiger partial charge in [-0.2, -0.15) is 0 Å². The van der Waals surface area contributed by atoms with Crippen LogP contribution in [0.25, 0.3) is 0 Å². The molecule has 6 heteroatoms. The van der Waals surface area contributed by atoms with Gasteiger partial charge in [0.1, 0.15) is 6.61 Å². The van der Waals surface area contributed by atoms with Crippen molar-refractivity contribution in [1.82, 2.24) is 10.2 Å². The molecule has 2 aliphatic heterocycles. The molecule has 0 aliphatic carbocycles. The van der Waals surface area contributed by atoms with Crippen molar-refractivity contribution in [2.45, 2.75) is 37.4 Å². The second-order valence-corrected chi connectivity index (χ2v) is 5.05. The molecule has 0 spiro atoms. The highest BCUT2D eigenvalue weighted by Crippen LogP contribution is 2.37. The Balaban J connectivity index is 1.68. The molecule has 0 saturated carbocycles. The topological polar surface area (TPSA) is 82.8 Å². The molecule has 0 radical (unpaired) electrons. The molecule has 3 rings (SSSR count). The van der Waals surface area contributed by atoms with Gasteiger partial charge < -0.3 is 19.7 Å². The van der Waals surface area contributed by atoms with Crippen molar-refractivity contribution in [3.8, 4) is 0 Å². The van der Waals surface area contributed by atoms with E-state index >= 15 is 0 Å². The molecular weight excluding hydrogens is 248 g/mol. The monoisotopic (exact) mass is 264 g/mol. The van der Waals surface area contributed by atoms with Gasteiger partial charge in [0.25, 0.3) is 5.91 Å². The van der Waals surface area contributed by atoms with E-state index in [1.165, 1.54) is 6.26 Å². The molecule has 6 nitrogen and oxygen atoms in total. The van der Waals surface area contributed by atoms with E-state index in [0.29, 0.717) is 0 Å². The SMILES string of the molecule is O=C(N[C@H]1CC2CCC1N2C(=O)CO)c1ccco1. The molecule has 0 aromatic carbocycles. The Hall–Kier alpha value is -1.82. The number of amides is 2. The van der Waals surface area contributed by atoms with Gasteiger partial charge in [0.05, 0.1) is 18.3 Å². The van der Waals surface area contributed by atoms with Crippen LogP contribution < -0.4 is 5.32 Å². The van der Waals surface area contributed by atoms with Crippen LogP contribution in [-0.2, 0) is 4.79 Å². The maximum atomic E-state index is 11.9. The van der Waals surface area contributed by atoms with E-state index in [4.69, 9.17) is 9.52 Å². The first-order chi connectivity index (χ1) is 9.20.